The molecule has 63 heavy (non-hydrogen) atoms. The molecule has 2 heterocycles. The molecule has 13 rings (SSSR count). The van der Waals surface area contributed by atoms with Crippen molar-refractivity contribution in [3.8, 4) is 50.3 Å². The maximum absolute atomic E-state index is 5.62. The van der Waals surface area contributed by atoms with Crippen molar-refractivity contribution < 1.29 is 0 Å². The molecule has 0 saturated carbocycles. The lowest BCUT2D eigenvalue weighted by atomic mass is 9.85. The Morgan fingerprint density at radius 1 is 0.286 bits per heavy atom. The summed E-state index contributed by atoms with van der Waals surface area (Å²) >= 11 is 0. The molecular weight excluding hydrogens is 761 g/mol. The van der Waals surface area contributed by atoms with E-state index in [0.29, 0.717) is 0 Å². The fourth-order valence-corrected chi connectivity index (χ4v) is 10.3. The van der Waals surface area contributed by atoms with Crippen LogP contribution in [-0.4, -0.2) is 9.55 Å². The molecule has 0 atom stereocenters. The minimum absolute atomic E-state index is 0.985. The van der Waals surface area contributed by atoms with Crippen LogP contribution in [0.3, 0.4) is 0 Å². The molecule has 0 saturated heterocycles. The average molecular weight is 799 g/mol. The Hall–Kier alpha value is -8.33. The van der Waals surface area contributed by atoms with Crippen LogP contribution in [0.25, 0.3) is 126 Å². The third kappa shape index (κ3) is 5.55. The summed E-state index contributed by atoms with van der Waals surface area (Å²) in [4.78, 5) is 5.62. The van der Waals surface area contributed by atoms with E-state index in [1.165, 1.54) is 81.8 Å². The first-order valence-corrected chi connectivity index (χ1v) is 21.7. The second kappa shape index (κ2) is 14.1. The minimum Gasteiger partial charge on any atom is -0.309 e. The fraction of sp³-hybridized carbons (Fsp3) is 0. The van der Waals surface area contributed by atoms with Gasteiger partial charge < -0.3 is 4.57 Å². The van der Waals surface area contributed by atoms with Gasteiger partial charge >= 0.3 is 0 Å². The molecular formula is C61H38N2. The molecule has 0 spiro atoms. The maximum Gasteiger partial charge on any atom is 0.0794 e. The molecule has 0 aliphatic heterocycles. The third-order valence-corrected chi connectivity index (χ3v) is 13.1. The molecule has 0 unspecified atom stereocenters. The SMILES string of the molecule is c1ccc(-c2nc3c(-c4ccc(-c5c6ccccc6c(-c6ccc7ccccc7c6)c6ccccc56)cc4)cccc3c3cc4c5ccccc5n(-c5ccccc5)c4cc23)cc1. The van der Waals surface area contributed by atoms with E-state index in [2.05, 4.69) is 235 Å². The van der Waals surface area contributed by atoms with Crippen molar-refractivity contribution in [1.82, 2.24) is 9.55 Å². The monoisotopic (exact) mass is 798 g/mol. The summed E-state index contributed by atoms with van der Waals surface area (Å²) in [6.07, 6.45) is 0. The van der Waals surface area contributed by atoms with Gasteiger partial charge in [0.2, 0.25) is 0 Å². The van der Waals surface area contributed by atoms with Crippen molar-refractivity contribution in [2.45, 2.75) is 0 Å². The third-order valence-electron chi connectivity index (χ3n) is 13.1. The van der Waals surface area contributed by atoms with Crippen LogP contribution in [0, 0.1) is 0 Å². The largest absolute Gasteiger partial charge is 0.309 e. The van der Waals surface area contributed by atoms with Crippen LogP contribution < -0.4 is 0 Å². The second-order valence-electron chi connectivity index (χ2n) is 16.6. The van der Waals surface area contributed by atoms with Gasteiger partial charge in [0.25, 0.3) is 0 Å². The van der Waals surface area contributed by atoms with Crippen molar-refractivity contribution >= 4 is 75.8 Å². The molecule has 292 valence electrons. The maximum atomic E-state index is 5.62. The predicted octanol–water partition coefficient (Wildman–Crippen LogP) is 16.6. The minimum atomic E-state index is 0.985. The van der Waals surface area contributed by atoms with E-state index in [-0.39, 0.29) is 0 Å². The molecule has 13 aromatic rings. The van der Waals surface area contributed by atoms with Crippen LogP contribution in [-0.2, 0) is 0 Å². The first-order chi connectivity index (χ1) is 31.3. The Morgan fingerprint density at radius 2 is 0.841 bits per heavy atom. The van der Waals surface area contributed by atoms with Gasteiger partial charge in [0.15, 0.2) is 0 Å². The molecule has 0 fully saturated rings. The van der Waals surface area contributed by atoms with E-state index in [0.717, 1.165) is 44.4 Å². The molecule has 2 heteroatoms. The van der Waals surface area contributed by atoms with Gasteiger partial charge in [0, 0.05) is 38.4 Å². The summed E-state index contributed by atoms with van der Waals surface area (Å²) in [5.74, 6) is 0. The quantitative estimate of drug-likeness (QED) is 0.125. The van der Waals surface area contributed by atoms with E-state index in [1.807, 2.05) is 0 Å². The Morgan fingerprint density at radius 3 is 1.56 bits per heavy atom. The first kappa shape index (κ1) is 35.4. The summed E-state index contributed by atoms with van der Waals surface area (Å²) in [5.41, 5.74) is 13.8. The number of hydrogen-bond donors (Lipinski definition) is 0. The first-order valence-electron chi connectivity index (χ1n) is 21.7. The number of aromatic nitrogens is 2. The van der Waals surface area contributed by atoms with Crippen molar-refractivity contribution in [3.05, 3.63) is 231 Å². The lowest BCUT2D eigenvalue weighted by molar-refractivity contribution is 1.18. The lowest BCUT2D eigenvalue weighted by Crippen LogP contribution is -1.95. The average Bonchev–Trinajstić information content (AvgIpc) is 3.68. The molecule has 0 amide bonds. The molecule has 0 aliphatic carbocycles. The van der Waals surface area contributed by atoms with Crippen LogP contribution in [0.5, 0.6) is 0 Å². The Balaban J connectivity index is 1.01. The molecule has 2 nitrogen and oxygen atoms in total. The molecule has 0 N–H and O–H groups in total. The number of nitrogens with zero attached hydrogens (tertiary/aromatic N) is 2. The fourth-order valence-electron chi connectivity index (χ4n) is 10.3. The molecule has 0 radical (unpaired) electrons. The number of benzene rings is 11. The van der Waals surface area contributed by atoms with E-state index in [1.54, 1.807) is 0 Å². The highest BCUT2D eigenvalue weighted by Gasteiger charge is 2.20. The summed E-state index contributed by atoms with van der Waals surface area (Å²) < 4.78 is 2.39. The van der Waals surface area contributed by atoms with Crippen molar-refractivity contribution in [3.63, 3.8) is 0 Å². The number of para-hydroxylation sites is 3. The van der Waals surface area contributed by atoms with E-state index < -0.39 is 0 Å². The Labute approximate surface area is 364 Å². The number of fused-ring (bicyclic) bond motifs is 9. The normalized spacial score (nSPS) is 11.8. The second-order valence-corrected chi connectivity index (χ2v) is 16.6. The van der Waals surface area contributed by atoms with E-state index >= 15 is 0 Å². The van der Waals surface area contributed by atoms with Gasteiger partial charge in [0.05, 0.1) is 22.2 Å². The van der Waals surface area contributed by atoms with Crippen molar-refractivity contribution in [1.29, 1.82) is 0 Å². The van der Waals surface area contributed by atoms with Crippen molar-refractivity contribution in [2.24, 2.45) is 0 Å². The van der Waals surface area contributed by atoms with E-state index in [9.17, 15) is 0 Å². The zero-order valence-corrected chi connectivity index (χ0v) is 34.3. The number of pyridine rings is 1. The zero-order valence-electron chi connectivity index (χ0n) is 34.3. The van der Waals surface area contributed by atoms with E-state index in [4.69, 9.17) is 4.98 Å². The van der Waals surface area contributed by atoms with Crippen LogP contribution in [0.15, 0.2) is 231 Å². The number of hydrogen-bond acceptors (Lipinski definition) is 1. The molecule has 0 bridgehead atoms. The summed E-state index contributed by atoms with van der Waals surface area (Å²) in [7, 11) is 0. The summed E-state index contributed by atoms with van der Waals surface area (Å²) in [6.45, 7) is 0. The predicted molar refractivity (Wildman–Crippen MR) is 268 cm³/mol. The summed E-state index contributed by atoms with van der Waals surface area (Å²) in [5, 5.41) is 13.5. The zero-order chi connectivity index (χ0) is 41.4. The molecule has 11 aromatic carbocycles. The van der Waals surface area contributed by atoms with Gasteiger partial charge in [-0.05, 0) is 102 Å². The van der Waals surface area contributed by atoms with Crippen LogP contribution in [0.1, 0.15) is 0 Å². The van der Waals surface area contributed by atoms with Crippen LogP contribution in [0.4, 0.5) is 0 Å². The van der Waals surface area contributed by atoms with Gasteiger partial charge in [-0.15, -0.1) is 0 Å². The highest BCUT2D eigenvalue weighted by atomic mass is 15.0. The number of rotatable bonds is 5. The molecule has 0 aliphatic rings. The smallest absolute Gasteiger partial charge is 0.0794 e. The van der Waals surface area contributed by atoms with Gasteiger partial charge in [-0.25, -0.2) is 4.98 Å². The Bertz CT molecular complexity index is 3880. The highest BCUT2D eigenvalue weighted by molar-refractivity contribution is 6.23. The van der Waals surface area contributed by atoms with Gasteiger partial charge in [0.1, 0.15) is 0 Å². The van der Waals surface area contributed by atoms with Crippen LogP contribution in [0.2, 0.25) is 0 Å². The summed E-state index contributed by atoms with van der Waals surface area (Å²) in [6, 6.07) is 84.1. The Kier molecular flexibility index (Phi) is 7.94. The van der Waals surface area contributed by atoms with Gasteiger partial charge in [-0.3, -0.25) is 0 Å². The highest BCUT2D eigenvalue weighted by Crippen LogP contribution is 2.46. The topological polar surface area (TPSA) is 17.8 Å². The standard InChI is InChI=1S/C61H38N2/c1-3-17-42(18-4-1)60-55-38-57-54(47-22-13-14-29-56(47)63(57)45-20-5-2-6-21-45)37-53(55)52-28-15-27-46(61(52)62-60)40-31-33-41(34-32-40)58-48-23-9-11-25-50(48)59(51-26-12-10-24-49(51)58)44-35-30-39-16-7-8-19-43(39)36-44/h1-38H. The van der Waals surface area contributed by atoms with Gasteiger partial charge in [-0.2, -0.15) is 0 Å². The van der Waals surface area contributed by atoms with Crippen LogP contribution >= 0.6 is 0 Å². The van der Waals surface area contributed by atoms with Gasteiger partial charge in [-0.1, -0.05) is 194 Å². The van der Waals surface area contributed by atoms with Crippen molar-refractivity contribution in [2.75, 3.05) is 0 Å². The lowest BCUT2D eigenvalue weighted by Gasteiger charge is -2.18. The molecule has 2 aromatic heterocycles.